The van der Waals surface area contributed by atoms with Crippen LogP contribution in [0.1, 0.15) is 39.4 Å². The topological polar surface area (TPSA) is 118 Å². The number of carboxylic acids is 1. The first kappa shape index (κ1) is 23.1. The molecule has 4 rings (SSSR count). The van der Waals surface area contributed by atoms with Crippen molar-refractivity contribution in [3.05, 3.63) is 87.9 Å². The van der Waals surface area contributed by atoms with Crippen LogP contribution in [0.4, 0.5) is 0 Å². The molecule has 1 heterocycles. The molecule has 1 amide bonds. The molecule has 3 aromatic rings. The predicted molar refractivity (Wildman–Crippen MR) is 122 cm³/mol. The number of fused-ring (bicyclic) bond motifs is 1. The zero-order valence-corrected chi connectivity index (χ0v) is 18.5. The van der Waals surface area contributed by atoms with Gasteiger partial charge in [-0.15, -0.1) is 0 Å². The predicted octanol–water partition coefficient (Wildman–Crippen LogP) is 4.82. The van der Waals surface area contributed by atoms with E-state index < -0.39 is 17.8 Å². The molecule has 0 spiro atoms. The molecule has 0 aliphatic carbocycles. The van der Waals surface area contributed by atoms with Crippen LogP contribution in [0, 0.1) is 11.3 Å². The third-order valence-corrected chi connectivity index (χ3v) is 5.48. The zero-order valence-electron chi connectivity index (χ0n) is 17.8. The molecule has 1 aliphatic rings. The highest BCUT2D eigenvalue weighted by Gasteiger charge is 2.29. The van der Waals surface area contributed by atoms with Crippen LogP contribution >= 0.6 is 11.6 Å². The lowest BCUT2D eigenvalue weighted by Gasteiger charge is -2.24. The normalized spacial score (nSPS) is 14.3. The van der Waals surface area contributed by atoms with E-state index in [9.17, 15) is 20.0 Å². The van der Waals surface area contributed by atoms with Gasteiger partial charge in [-0.25, -0.2) is 5.48 Å². The number of carbonyl (C=O) groups is 2. The Labute approximate surface area is 200 Å². The fraction of sp³-hybridized carbons (Fsp3) is 0.160. The van der Waals surface area contributed by atoms with Crippen LogP contribution in [0.25, 0.3) is 0 Å². The highest BCUT2D eigenvalue weighted by atomic mass is 35.5. The molecule has 0 saturated heterocycles. The number of benzene rings is 3. The van der Waals surface area contributed by atoms with Gasteiger partial charge in [-0.3, -0.25) is 14.4 Å². The molecule has 2 N–H and O–H groups in total. The first-order chi connectivity index (χ1) is 16.4. The van der Waals surface area contributed by atoms with Crippen molar-refractivity contribution in [2.24, 2.45) is 0 Å². The lowest BCUT2D eigenvalue weighted by Crippen LogP contribution is -2.23. The summed E-state index contributed by atoms with van der Waals surface area (Å²) in [6.07, 6.45) is 0.334. The summed E-state index contributed by atoms with van der Waals surface area (Å²) in [5, 5.41) is 19.6. The van der Waals surface area contributed by atoms with Crippen LogP contribution in [-0.2, 0) is 16.2 Å². The molecular formula is C25H19ClN2O6. The summed E-state index contributed by atoms with van der Waals surface area (Å²) in [6, 6.07) is 18.4. The third-order valence-electron chi connectivity index (χ3n) is 5.23. The highest BCUT2D eigenvalue weighted by Crippen LogP contribution is 2.39. The van der Waals surface area contributed by atoms with Crippen molar-refractivity contribution >= 4 is 23.5 Å². The van der Waals surface area contributed by atoms with Crippen LogP contribution in [0.2, 0.25) is 5.02 Å². The van der Waals surface area contributed by atoms with E-state index in [4.69, 9.17) is 25.9 Å². The molecular weight excluding hydrogens is 460 g/mol. The van der Waals surface area contributed by atoms with Gasteiger partial charge in [0.1, 0.15) is 23.3 Å². The number of carbonyl (C=O) groups excluding carboxylic acids is 1. The number of ether oxygens (including phenoxy) is 2. The van der Waals surface area contributed by atoms with Crippen molar-refractivity contribution < 1.29 is 29.0 Å². The molecule has 8 nitrogen and oxygen atoms in total. The number of aliphatic carboxylic acids is 1. The Balaban J connectivity index is 1.41. The maximum atomic E-state index is 12.3. The smallest absolute Gasteiger partial charge is 0.311 e. The molecule has 1 atom stereocenters. The summed E-state index contributed by atoms with van der Waals surface area (Å²) in [5.41, 5.74) is 4.22. The average molecular weight is 479 g/mol. The van der Waals surface area contributed by atoms with E-state index >= 15 is 0 Å². The number of hydroxylamine groups is 1. The van der Waals surface area contributed by atoms with E-state index in [0.717, 1.165) is 5.56 Å². The van der Waals surface area contributed by atoms with Crippen LogP contribution in [-0.4, -0.2) is 23.6 Å². The standard InChI is InChI=1S/C25H19ClN2O6/c26-18-5-1-15(2-6-18)14-33-28-24(29)16-3-7-19(8-4-16)34-22-12-23-21(11-17(22)13-27)20(25(30)31)9-10-32-23/h1-8,11-12,20H,9-10,14H2,(H,28,29)(H,30,31). The van der Waals surface area contributed by atoms with Gasteiger partial charge in [-0.05, 0) is 54.4 Å². The molecule has 0 aromatic heterocycles. The summed E-state index contributed by atoms with van der Waals surface area (Å²) in [5.74, 6) is -1.13. The van der Waals surface area contributed by atoms with Crippen molar-refractivity contribution in [3.8, 4) is 23.3 Å². The second-order valence-electron chi connectivity index (χ2n) is 7.50. The van der Waals surface area contributed by atoms with Gasteiger partial charge in [0, 0.05) is 22.2 Å². The molecule has 34 heavy (non-hydrogen) atoms. The summed E-state index contributed by atoms with van der Waals surface area (Å²) in [4.78, 5) is 29.1. The SMILES string of the molecule is N#Cc1cc2c(cc1Oc1ccc(C(=O)NOCc3ccc(Cl)cc3)cc1)OCCC2C(=O)O. The molecule has 1 aliphatic heterocycles. The Morgan fingerprint density at radius 2 is 1.88 bits per heavy atom. The zero-order chi connectivity index (χ0) is 24.1. The van der Waals surface area contributed by atoms with Gasteiger partial charge in [-0.1, -0.05) is 23.7 Å². The van der Waals surface area contributed by atoms with Gasteiger partial charge < -0.3 is 14.6 Å². The molecule has 0 saturated carbocycles. The highest BCUT2D eigenvalue weighted by molar-refractivity contribution is 6.30. The lowest BCUT2D eigenvalue weighted by molar-refractivity contribution is -0.139. The number of rotatable bonds is 7. The van der Waals surface area contributed by atoms with Crippen LogP contribution in [0.5, 0.6) is 17.2 Å². The van der Waals surface area contributed by atoms with Gasteiger partial charge in [0.05, 0.1) is 24.7 Å². The van der Waals surface area contributed by atoms with E-state index in [1.54, 1.807) is 48.5 Å². The minimum Gasteiger partial charge on any atom is -0.493 e. The first-order valence-electron chi connectivity index (χ1n) is 10.3. The number of nitrogens with zero attached hydrogens (tertiary/aromatic N) is 1. The monoisotopic (exact) mass is 478 g/mol. The Hall–Kier alpha value is -4.06. The maximum absolute atomic E-state index is 12.3. The van der Waals surface area contributed by atoms with E-state index in [-0.39, 0.29) is 24.5 Å². The summed E-state index contributed by atoms with van der Waals surface area (Å²) >= 11 is 5.84. The van der Waals surface area contributed by atoms with E-state index in [1.807, 2.05) is 6.07 Å². The van der Waals surface area contributed by atoms with Gasteiger partial charge in [0.15, 0.2) is 0 Å². The van der Waals surface area contributed by atoms with Gasteiger partial charge in [0.2, 0.25) is 0 Å². The van der Waals surface area contributed by atoms with Gasteiger partial charge >= 0.3 is 5.97 Å². The summed E-state index contributed by atoms with van der Waals surface area (Å²) in [7, 11) is 0. The first-order valence-corrected chi connectivity index (χ1v) is 10.7. The van der Waals surface area contributed by atoms with Crippen LogP contribution in [0.15, 0.2) is 60.7 Å². The summed E-state index contributed by atoms with van der Waals surface area (Å²) in [6.45, 7) is 0.448. The second-order valence-corrected chi connectivity index (χ2v) is 7.94. The van der Waals surface area contributed by atoms with Crippen molar-refractivity contribution in [2.75, 3.05) is 6.61 Å². The largest absolute Gasteiger partial charge is 0.493 e. The van der Waals surface area contributed by atoms with Crippen LogP contribution < -0.4 is 15.0 Å². The van der Waals surface area contributed by atoms with Gasteiger partial charge in [0.25, 0.3) is 5.91 Å². The van der Waals surface area contributed by atoms with Crippen molar-refractivity contribution in [3.63, 3.8) is 0 Å². The third kappa shape index (κ3) is 5.29. The Bertz CT molecular complexity index is 1250. The van der Waals surface area contributed by atoms with Gasteiger partial charge in [-0.2, -0.15) is 5.26 Å². The summed E-state index contributed by atoms with van der Waals surface area (Å²) < 4.78 is 11.4. The molecule has 3 aromatic carbocycles. The molecule has 0 radical (unpaired) electrons. The Morgan fingerprint density at radius 3 is 2.56 bits per heavy atom. The van der Waals surface area contributed by atoms with Crippen molar-refractivity contribution in [1.82, 2.24) is 5.48 Å². The Morgan fingerprint density at radius 1 is 1.15 bits per heavy atom. The molecule has 0 bridgehead atoms. The quantitative estimate of drug-likeness (QED) is 0.467. The van der Waals surface area contributed by atoms with E-state index in [0.29, 0.717) is 34.1 Å². The minimum absolute atomic E-state index is 0.185. The van der Waals surface area contributed by atoms with Crippen molar-refractivity contribution in [2.45, 2.75) is 18.9 Å². The van der Waals surface area contributed by atoms with E-state index in [2.05, 4.69) is 5.48 Å². The molecule has 1 unspecified atom stereocenters. The number of amides is 1. The number of hydrogen-bond acceptors (Lipinski definition) is 6. The number of halogens is 1. The Kier molecular flexibility index (Phi) is 6.97. The number of hydrogen-bond donors (Lipinski definition) is 2. The fourth-order valence-corrected chi connectivity index (χ4v) is 3.60. The number of nitriles is 1. The molecule has 0 fully saturated rings. The number of nitrogens with one attached hydrogen (secondary N) is 1. The average Bonchev–Trinajstić information content (AvgIpc) is 2.84. The maximum Gasteiger partial charge on any atom is 0.311 e. The van der Waals surface area contributed by atoms with Crippen molar-refractivity contribution in [1.29, 1.82) is 5.26 Å². The second kappa shape index (κ2) is 10.3. The fourth-order valence-electron chi connectivity index (χ4n) is 3.47. The molecule has 172 valence electrons. The minimum atomic E-state index is -0.965. The van der Waals surface area contributed by atoms with Crippen LogP contribution in [0.3, 0.4) is 0 Å². The van der Waals surface area contributed by atoms with E-state index in [1.165, 1.54) is 12.1 Å². The number of carboxylic acid groups (broad SMARTS) is 1. The molecule has 9 heteroatoms. The lowest BCUT2D eigenvalue weighted by atomic mass is 9.91.